The van der Waals surface area contributed by atoms with E-state index in [1.807, 2.05) is 0 Å². The van der Waals surface area contributed by atoms with Crippen LogP contribution in [0.4, 0.5) is 4.39 Å². The zero-order valence-electron chi connectivity index (χ0n) is 20.8. The summed E-state index contributed by atoms with van der Waals surface area (Å²) in [4.78, 5) is 44.2. The summed E-state index contributed by atoms with van der Waals surface area (Å²) in [5.41, 5.74) is 1.65. The van der Waals surface area contributed by atoms with Crippen molar-refractivity contribution in [3.8, 4) is 0 Å². The van der Waals surface area contributed by atoms with Crippen LogP contribution in [0.1, 0.15) is 36.6 Å². The number of carbonyl (C=O) groups excluding carboxylic acids is 2. The lowest BCUT2D eigenvalue weighted by atomic mass is 9.79. The number of aromatic nitrogens is 1. The van der Waals surface area contributed by atoms with Crippen molar-refractivity contribution in [3.63, 3.8) is 0 Å². The van der Waals surface area contributed by atoms with Crippen LogP contribution in [0.15, 0.2) is 48.9 Å². The number of nitrogens with one attached hydrogen (secondary N) is 1. The number of aliphatic hydroxyl groups is 2. The second-order valence-corrected chi connectivity index (χ2v) is 11.0. The number of carbonyl (C=O) groups is 2. The molecule has 1 amide bonds. The zero-order valence-corrected chi connectivity index (χ0v) is 21.6. The summed E-state index contributed by atoms with van der Waals surface area (Å²) < 4.78 is 26.8. The molecule has 3 atom stereocenters. The molecule has 3 N–H and O–H groups in total. The number of dihydropyridines is 1. The Bertz CT molecular complexity index is 1490. The fraction of sp³-hybridized carbons (Fsp3) is 0.462. The molecular formula is C26H26FN3O7S. The van der Waals surface area contributed by atoms with Crippen LogP contribution in [0.25, 0.3) is 0 Å². The number of halogens is 1. The third-order valence-electron chi connectivity index (χ3n) is 7.86. The molecule has 1 aromatic rings. The number of aliphatic imine (C=N–C) groups is 1. The smallest absolute Gasteiger partial charge is 0.343 e. The van der Waals surface area contributed by atoms with E-state index in [-0.39, 0.29) is 49.6 Å². The summed E-state index contributed by atoms with van der Waals surface area (Å²) in [5, 5.41) is 23.6. The quantitative estimate of drug-likeness (QED) is 0.462. The molecule has 1 aromatic heterocycles. The number of methoxy groups -OCH3 is 1. The number of hydrogen-bond acceptors (Lipinski definition) is 9. The van der Waals surface area contributed by atoms with Gasteiger partial charge in [-0.05, 0) is 29.7 Å². The zero-order chi connectivity index (χ0) is 26.9. The van der Waals surface area contributed by atoms with E-state index >= 15 is 0 Å². The number of aliphatic hydroxyl groups excluding tert-OH is 1. The number of fused-ring (bicyclic) bond motifs is 4. The number of hydrogen-bond donors (Lipinski definition) is 3. The maximum atomic E-state index is 15.0. The van der Waals surface area contributed by atoms with E-state index in [4.69, 9.17) is 14.5 Å². The Morgan fingerprint density at radius 2 is 2.18 bits per heavy atom. The minimum atomic E-state index is -2.06. The maximum Gasteiger partial charge on any atom is 0.343 e. The van der Waals surface area contributed by atoms with Gasteiger partial charge in [-0.25, -0.2) is 9.18 Å². The minimum absolute atomic E-state index is 0.0471. The van der Waals surface area contributed by atoms with Gasteiger partial charge < -0.3 is 29.6 Å². The van der Waals surface area contributed by atoms with Gasteiger partial charge >= 0.3 is 5.97 Å². The molecule has 38 heavy (non-hydrogen) atoms. The predicted molar refractivity (Wildman–Crippen MR) is 135 cm³/mol. The average molecular weight is 544 g/mol. The molecular weight excluding hydrogens is 517 g/mol. The Morgan fingerprint density at radius 1 is 1.39 bits per heavy atom. The molecule has 4 aliphatic heterocycles. The first-order valence-electron chi connectivity index (χ1n) is 12.3. The van der Waals surface area contributed by atoms with Crippen LogP contribution in [0.2, 0.25) is 0 Å². The van der Waals surface area contributed by atoms with Gasteiger partial charge in [0.25, 0.3) is 5.56 Å². The van der Waals surface area contributed by atoms with Crippen LogP contribution < -0.4 is 10.9 Å². The number of rotatable bonds is 5. The second kappa shape index (κ2) is 9.01. The Balaban J connectivity index is 1.56. The molecule has 0 bridgehead atoms. The first kappa shape index (κ1) is 25.2. The fourth-order valence-electron chi connectivity index (χ4n) is 5.97. The lowest BCUT2D eigenvalue weighted by Crippen LogP contribution is -2.45. The summed E-state index contributed by atoms with van der Waals surface area (Å²) in [6, 6.07) is 0.575. The van der Waals surface area contributed by atoms with Crippen LogP contribution >= 0.6 is 11.8 Å². The average Bonchev–Trinajstić information content (AvgIpc) is 3.27. The first-order chi connectivity index (χ1) is 18.2. The lowest BCUT2D eigenvalue weighted by Gasteiger charge is -2.39. The van der Waals surface area contributed by atoms with Crippen molar-refractivity contribution in [2.24, 2.45) is 4.99 Å². The molecule has 0 saturated carbocycles. The number of esters is 1. The standard InChI is InChI=1S/C26H26FN3O7S/c1-11-15(27)6-16-21-20(17(10-38-23(11)21)28-19(32)8-31)12-7-30-18(22(12)29-16)5-14-13(24(30)33)9-37-25(34)26(14,35)3-4-36-2/h5,16-17,31,35H,3-4,6-10H2,1-2H3,(H,28,32)/t16?,17-,26+/m1/s1. The highest BCUT2D eigenvalue weighted by molar-refractivity contribution is 8.03. The van der Waals surface area contributed by atoms with Crippen molar-refractivity contribution < 1.29 is 33.7 Å². The van der Waals surface area contributed by atoms with Gasteiger partial charge in [-0.3, -0.25) is 14.6 Å². The Hall–Kier alpha value is -3.06. The van der Waals surface area contributed by atoms with Crippen molar-refractivity contribution in [2.45, 2.75) is 50.6 Å². The first-order valence-corrected chi connectivity index (χ1v) is 13.3. The number of ether oxygens (including phenoxy) is 2. The number of allylic oxidation sites excluding steroid dienone is 2. The molecule has 0 spiro atoms. The second-order valence-electron chi connectivity index (χ2n) is 9.94. The molecule has 6 rings (SSSR count). The van der Waals surface area contributed by atoms with E-state index in [1.165, 1.54) is 23.4 Å². The Morgan fingerprint density at radius 3 is 2.92 bits per heavy atom. The van der Waals surface area contributed by atoms with Gasteiger partial charge in [-0.2, -0.15) is 0 Å². The van der Waals surface area contributed by atoms with Crippen molar-refractivity contribution in [3.05, 3.63) is 66.3 Å². The molecule has 1 aliphatic carbocycles. The SMILES string of the molecule is COCC[C@@]1(O)C(=O)OCc2c1cc1n(c2=O)CC2=C3C4=C(SC[C@H]3NC(=O)CO)C(C)=C(F)CC4N=C21. The van der Waals surface area contributed by atoms with Gasteiger partial charge in [-0.15, -0.1) is 11.8 Å². The molecule has 0 radical (unpaired) electrons. The molecule has 200 valence electrons. The molecule has 12 heteroatoms. The predicted octanol–water partition coefficient (Wildman–Crippen LogP) is 0.736. The third kappa shape index (κ3) is 3.50. The van der Waals surface area contributed by atoms with Crippen LogP contribution in [-0.2, 0) is 37.8 Å². The minimum Gasteiger partial charge on any atom is -0.458 e. The molecule has 5 aliphatic rings. The maximum absolute atomic E-state index is 15.0. The van der Waals surface area contributed by atoms with Crippen molar-refractivity contribution in [2.75, 3.05) is 26.1 Å². The summed E-state index contributed by atoms with van der Waals surface area (Å²) in [7, 11) is 1.44. The lowest BCUT2D eigenvalue weighted by molar-refractivity contribution is -0.174. The highest BCUT2D eigenvalue weighted by Gasteiger charge is 2.48. The Kier molecular flexibility index (Phi) is 5.98. The Labute approximate surface area is 220 Å². The van der Waals surface area contributed by atoms with Crippen LogP contribution in [0.5, 0.6) is 0 Å². The number of amides is 1. The highest BCUT2D eigenvalue weighted by Crippen LogP contribution is 2.50. The van der Waals surface area contributed by atoms with Crippen LogP contribution in [-0.4, -0.2) is 70.5 Å². The van der Waals surface area contributed by atoms with Crippen molar-refractivity contribution in [1.82, 2.24) is 9.88 Å². The van der Waals surface area contributed by atoms with E-state index in [9.17, 15) is 29.0 Å². The summed E-state index contributed by atoms with van der Waals surface area (Å²) in [6.45, 7) is 1.01. The summed E-state index contributed by atoms with van der Waals surface area (Å²) >= 11 is 1.44. The normalized spacial score (nSPS) is 27.4. The van der Waals surface area contributed by atoms with Crippen LogP contribution in [0.3, 0.4) is 0 Å². The largest absolute Gasteiger partial charge is 0.458 e. The highest BCUT2D eigenvalue weighted by atomic mass is 32.2. The van der Waals surface area contributed by atoms with E-state index in [0.29, 0.717) is 22.7 Å². The molecule has 0 fully saturated rings. The molecule has 1 unspecified atom stereocenters. The van der Waals surface area contributed by atoms with Gasteiger partial charge in [0, 0.05) is 48.4 Å². The summed E-state index contributed by atoms with van der Waals surface area (Å²) in [6.07, 6.45) is -0.0509. The number of thioether (sulfide) groups is 1. The van der Waals surface area contributed by atoms with Gasteiger partial charge in [0.1, 0.15) is 19.0 Å². The molecule has 10 nitrogen and oxygen atoms in total. The molecule has 0 aromatic carbocycles. The van der Waals surface area contributed by atoms with Crippen molar-refractivity contribution >= 4 is 29.4 Å². The van der Waals surface area contributed by atoms with E-state index in [1.54, 1.807) is 13.0 Å². The van der Waals surface area contributed by atoms with E-state index in [0.717, 1.165) is 21.6 Å². The van der Waals surface area contributed by atoms with Gasteiger partial charge in [0.05, 0.1) is 35.6 Å². The van der Waals surface area contributed by atoms with Gasteiger partial charge in [0.15, 0.2) is 5.60 Å². The van der Waals surface area contributed by atoms with Gasteiger partial charge in [-0.1, -0.05) is 0 Å². The van der Waals surface area contributed by atoms with E-state index in [2.05, 4.69) is 5.32 Å². The third-order valence-corrected chi connectivity index (χ3v) is 9.18. The monoisotopic (exact) mass is 543 g/mol. The summed E-state index contributed by atoms with van der Waals surface area (Å²) in [5.74, 6) is -1.22. The van der Waals surface area contributed by atoms with Gasteiger partial charge in [0.2, 0.25) is 5.91 Å². The van der Waals surface area contributed by atoms with E-state index < -0.39 is 41.7 Å². The number of pyridine rings is 1. The number of nitrogens with zero attached hydrogens (tertiary/aromatic N) is 2. The fourth-order valence-corrected chi connectivity index (χ4v) is 7.28. The van der Waals surface area contributed by atoms with Crippen molar-refractivity contribution in [1.29, 1.82) is 0 Å². The molecule has 5 heterocycles. The topological polar surface area (TPSA) is 139 Å². The molecule has 0 saturated heterocycles. The van der Waals surface area contributed by atoms with Crippen LogP contribution in [0, 0.1) is 0 Å². The number of cyclic esters (lactones) is 1.